The number of non-ortho nitro benzene ring substituents is 1. The van der Waals surface area contributed by atoms with E-state index < -0.39 is 10.9 Å². The van der Waals surface area contributed by atoms with Crippen molar-refractivity contribution >= 4 is 22.4 Å². The third kappa shape index (κ3) is 3.41. The number of methoxy groups -OCH3 is 2. The number of hydrogen-bond donors (Lipinski definition) is 0. The normalized spacial score (nSPS) is 10.5. The third-order valence-corrected chi connectivity index (χ3v) is 4.10. The van der Waals surface area contributed by atoms with Gasteiger partial charge in [0.15, 0.2) is 17.2 Å². The van der Waals surface area contributed by atoms with Crippen molar-refractivity contribution in [1.29, 1.82) is 0 Å². The standard InChI is InChI=1S/C19H17N3O6/c1-4-28-19(23)18-14-10-16(27-3)15(26-2)9-13(14)17(20-21-18)11-5-7-12(8-6-11)22(24)25/h5-10H,4H2,1-3H3. The van der Waals surface area contributed by atoms with Crippen LogP contribution < -0.4 is 9.47 Å². The minimum atomic E-state index is -0.609. The van der Waals surface area contributed by atoms with E-state index >= 15 is 0 Å². The zero-order chi connectivity index (χ0) is 20.3. The Labute approximate surface area is 160 Å². The summed E-state index contributed by atoms with van der Waals surface area (Å²) in [6.07, 6.45) is 0. The number of hydrogen-bond acceptors (Lipinski definition) is 8. The molecule has 0 saturated carbocycles. The predicted octanol–water partition coefficient (Wildman–Crippen LogP) is 3.40. The average molecular weight is 383 g/mol. The summed E-state index contributed by atoms with van der Waals surface area (Å²) in [4.78, 5) is 22.7. The van der Waals surface area contributed by atoms with Crippen LogP contribution in [0.15, 0.2) is 36.4 Å². The van der Waals surface area contributed by atoms with Gasteiger partial charge in [0.25, 0.3) is 5.69 Å². The van der Waals surface area contributed by atoms with Crippen LogP contribution in [0.1, 0.15) is 17.4 Å². The van der Waals surface area contributed by atoms with Crippen molar-refractivity contribution in [3.05, 3.63) is 52.2 Å². The third-order valence-electron chi connectivity index (χ3n) is 4.10. The number of nitro groups is 1. The van der Waals surface area contributed by atoms with Crippen LogP contribution in [0, 0.1) is 10.1 Å². The van der Waals surface area contributed by atoms with Crippen molar-refractivity contribution in [3.63, 3.8) is 0 Å². The molecule has 0 fully saturated rings. The molecule has 0 atom stereocenters. The molecular weight excluding hydrogens is 366 g/mol. The first kappa shape index (κ1) is 19.0. The molecular formula is C19H17N3O6. The molecule has 0 radical (unpaired) electrons. The molecule has 1 aromatic heterocycles. The van der Waals surface area contributed by atoms with Gasteiger partial charge in [-0.3, -0.25) is 10.1 Å². The first-order valence-electron chi connectivity index (χ1n) is 8.34. The molecule has 0 saturated heterocycles. The Balaban J connectivity index is 2.27. The van der Waals surface area contributed by atoms with Gasteiger partial charge in [-0.05, 0) is 31.2 Å². The van der Waals surface area contributed by atoms with E-state index in [1.54, 1.807) is 31.2 Å². The molecule has 0 N–H and O–H groups in total. The van der Waals surface area contributed by atoms with Crippen molar-refractivity contribution in [2.75, 3.05) is 20.8 Å². The maximum atomic E-state index is 12.3. The van der Waals surface area contributed by atoms with Gasteiger partial charge in [0.1, 0.15) is 5.69 Å². The Kier molecular flexibility index (Phi) is 5.35. The average Bonchev–Trinajstić information content (AvgIpc) is 2.72. The number of carbonyl (C=O) groups is 1. The molecule has 144 valence electrons. The maximum Gasteiger partial charge on any atom is 0.359 e. The van der Waals surface area contributed by atoms with Crippen LogP contribution in [-0.2, 0) is 4.74 Å². The largest absolute Gasteiger partial charge is 0.493 e. The van der Waals surface area contributed by atoms with Crippen LogP contribution in [0.25, 0.3) is 22.0 Å². The zero-order valence-electron chi connectivity index (χ0n) is 15.5. The van der Waals surface area contributed by atoms with Gasteiger partial charge in [-0.25, -0.2) is 4.79 Å². The molecule has 1 heterocycles. The number of rotatable bonds is 6. The molecule has 3 rings (SSSR count). The van der Waals surface area contributed by atoms with Crippen LogP contribution in [0.5, 0.6) is 11.5 Å². The second kappa shape index (κ2) is 7.87. The van der Waals surface area contributed by atoms with Crippen molar-refractivity contribution in [3.8, 4) is 22.8 Å². The molecule has 0 aliphatic carbocycles. The highest BCUT2D eigenvalue weighted by atomic mass is 16.6. The number of esters is 1. The number of ether oxygens (including phenoxy) is 3. The van der Waals surface area contributed by atoms with Crippen molar-refractivity contribution in [2.45, 2.75) is 6.92 Å². The molecule has 2 aromatic carbocycles. The van der Waals surface area contributed by atoms with Crippen LogP contribution in [0.3, 0.4) is 0 Å². The van der Waals surface area contributed by atoms with E-state index in [1.807, 2.05) is 0 Å². The summed E-state index contributed by atoms with van der Waals surface area (Å²) < 4.78 is 15.7. The highest BCUT2D eigenvalue weighted by molar-refractivity contribution is 6.07. The fourth-order valence-electron chi connectivity index (χ4n) is 2.78. The van der Waals surface area contributed by atoms with Crippen LogP contribution in [0.2, 0.25) is 0 Å². The Bertz CT molecular complexity index is 1050. The zero-order valence-corrected chi connectivity index (χ0v) is 15.5. The van der Waals surface area contributed by atoms with Crippen molar-refractivity contribution in [1.82, 2.24) is 10.2 Å². The van der Waals surface area contributed by atoms with Gasteiger partial charge < -0.3 is 14.2 Å². The quantitative estimate of drug-likeness (QED) is 0.361. The summed E-state index contributed by atoms with van der Waals surface area (Å²) in [6, 6.07) is 9.21. The predicted molar refractivity (Wildman–Crippen MR) is 101 cm³/mol. The Hall–Kier alpha value is -3.75. The van der Waals surface area contributed by atoms with E-state index in [0.717, 1.165) is 0 Å². The number of fused-ring (bicyclic) bond motifs is 1. The number of nitrogens with zero attached hydrogens (tertiary/aromatic N) is 3. The Morgan fingerprint density at radius 3 is 2.18 bits per heavy atom. The van der Waals surface area contributed by atoms with Gasteiger partial charge in [-0.15, -0.1) is 10.2 Å². The summed E-state index contributed by atoms with van der Waals surface area (Å²) in [5.41, 5.74) is 1.05. The van der Waals surface area contributed by atoms with Gasteiger partial charge in [-0.1, -0.05) is 0 Å². The number of aromatic nitrogens is 2. The van der Waals surface area contributed by atoms with E-state index in [9.17, 15) is 14.9 Å². The topological polar surface area (TPSA) is 114 Å². The van der Waals surface area contributed by atoms with Crippen molar-refractivity contribution < 1.29 is 23.9 Å². The maximum absolute atomic E-state index is 12.3. The lowest BCUT2D eigenvalue weighted by atomic mass is 10.0. The highest BCUT2D eigenvalue weighted by Crippen LogP contribution is 2.37. The highest BCUT2D eigenvalue weighted by Gasteiger charge is 2.21. The molecule has 3 aromatic rings. The minimum absolute atomic E-state index is 0.0385. The number of nitro benzene ring substituents is 1. The van der Waals surface area contributed by atoms with Gasteiger partial charge in [0.05, 0.1) is 25.7 Å². The number of carbonyl (C=O) groups excluding carboxylic acids is 1. The SMILES string of the molecule is CCOC(=O)c1nnc(-c2ccc([N+](=O)[O-])cc2)c2cc(OC)c(OC)cc12. The molecule has 0 bridgehead atoms. The first-order valence-corrected chi connectivity index (χ1v) is 8.34. The summed E-state index contributed by atoms with van der Waals surface area (Å²) in [5.74, 6) is 0.256. The molecule has 0 spiro atoms. The second-order valence-electron chi connectivity index (χ2n) is 5.67. The molecule has 0 unspecified atom stereocenters. The van der Waals surface area contributed by atoms with E-state index in [2.05, 4.69) is 10.2 Å². The summed E-state index contributed by atoms with van der Waals surface area (Å²) in [6.45, 7) is 1.89. The first-order chi connectivity index (χ1) is 13.5. The lowest BCUT2D eigenvalue weighted by Gasteiger charge is -2.13. The van der Waals surface area contributed by atoms with Crippen LogP contribution in [-0.4, -0.2) is 41.9 Å². The van der Waals surface area contributed by atoms with Crippen molar-refractivity contribution in [2.24, 2.45) is 0 Å². The Morgan fingerprint density at radius 2 is 1.64 bits per heavy atom. The fourth-order valence-corrected chi connectivity index (χ4v) is 2.78. The van der Waals surface area contributed by atoms with Gasteiger partial charge in [0, 0.05) is 28.5 Å². The summed E-state index contributed by atoms with van der Waals surface area (Å²) >= 11 is 0. The van der Waals surface area contributed by atoms with Crippen LogP contribution >= 0.6 is 0 Å². The van der Waals surface area contributed by atoms with Crippen LogP contribution in [0.4, 0.5) is 5.69 Å². The molecule has 0 aliphatic heterocycles. The molecule has 28 heavy (non-hydrogen) atoms. The van der Waals surface area contributed by atoms with E-state index in [0.29, 0.717) is 33.5 Å². The lowest BCUT2D eigenvalue weighted by molar-refractivity contribution is -0.384. The summed E-state index contributed by atoms with van der Waals surface area (Å²) in [5, 5.41) is 20.1. The molecule has 9 nitrogen and oxygen atoms in total. The van der Waals surface area contributed by atoms with Gasteiger partial charge in [0.2, 0.25) is 0 Å². The van der Waals surface area contributed by atoms with Gasteiger partial charge >= 0.3 is 5.97 Å². The smallest absolute Gasteiger partial charge is 0.359 e. The number of benzene rings is 2. The summed E-state index contributed by atoms with van der Waals surface area (Å²) in [7, 11) is 2.98. The monoisotopic (exact) mass is 383 g/mol. The Morgan fingerprint density at radius 1 is 1.04 bits per heavy atom. The fraction of sp³-hybridized carbons (Fsp3) is 0.211. The van der Waals surface area contributed by atoms with E-state index in [1.165, 1.54) is 26.4 Å². The van der Waals surface area contributed by atoms with Gasteiger partial charge in [-0.2, -0.15) is 0 Å². The molecule has 9 heteroatoms. The molecule has 0 amide bonds. The minimum Gasteiger partial charge on any atom is -0.493 e. The lowest BCUT2D eigenvalue weighted by Crippen LogP contribution is -2.10. The van der Waals surface area contributed by atoms with E-state index in [4.69, 9.17) is 14.2 Å². The van der Waals surface area contributed by atoms with E-state index in [-0.39, 0.29) is 18.0 Å². The second-order valence-corrected chi connectivity index (χ2v) is 5.67. The molecule has 0 aliphatic rings.